The zero-order chi connectivity index (χ0) is 13.5. The molecule has 96 valence electrons. The van der Waals surface area contributed by atoms with Crippen LogP contribution in [0.25, 0.3) is 0 Å². The van der Waals surface area contributed by atoms with Crippen molar-refractivity contribution in [1.82, 2.24) is 0 Å². The van der Waals surface area contributed by atoms with Crippen LogP contribution in [0.3, 0.4) is 0 Å². The van der Waals surface area contributed by atoms with Crippen LogP contribution < -0.4 is 0 Å². The van der Waals surface area contributed by atoms with Crippen LogP contribution in [0.5, 0.6) is 0 Å². The lowest BCUT2D eigenvalue weighted by atomic mass is 9.87. The van der Waals surface area contributed by atoms with Crippen molar-refractivity contribution >= 4 is 0 Å². The van der Waals surface area contributed by atoms with Gasteiger partial charge in [-0.25, -0.2) is 0 Å². The maximum absolute atomic E-state index is 8.71. The number of benzene rings is 2. The Bertz CT molecular complexity index is 534. The summed E-state index contributed by atoms with van der Waals surface area (Å²) in [7, 11) is 0. The smallest absolute Gasteiger partial charge is 0.0669 e. The number of hydrogen-bond donors (Lipinski definition) is 0. The fourth-order valence-corrected chi connectivity index (χ4v) is 2.46. The quantitative estimate of drug-likeness (QED) is 0.754. The van der Waals surface area contributed by atoms with Crippen LogP contribution in [0.15, 0.2) is 54.6 Å². The van der Waals surface area contributed by atoms with Crippen LogP contribution >= 0.6 is 0 Å². The lowest BCUT2D eigenvalue weighted by Gasteiger charge is -2.17. The minimum absolute atomic E-state index is 0.460. The highest BCUT2D eigenvalue weighted by atomic mass is 14.2. The highest BCUT2D eigenvalue weighted by molar-refractivity contribution is 5.34. The molecular weight excluding hydrogens is 230 g/mol. The monoisotopic (exact) mass is 249 g/mol. The molecule has 0 aliphatic heterocycles. The third-order valence-corrected chi connectivity index (χ3v) is 3.44. The largest absolute Gasteiger partial charge is 0.198 e. The molecule has 0 fully saturated rings. The predicted molar refractivity (Wildman–Crippen MR) is 79.0 cm³/mol. The summed E-state index contributed by atoms with van der Waals surface area (Å²) < 4.78 is 0. The fourth-order valence-electron chi connectivity index (χ4n) is 2.46. The normalized spacial score (nSPS) is 11.8. The first-order valence-electron chi connectivity index (χ1n) is 6.86. The minimum atomic E-state index is 0.460. The molecule has 0 aliphatic rings. The third kappa shape index (κ3) is 3.45. The Morgan fingerprint density at radius 2 is 1.58 bits per heavy atom. The van der Waals surface area contributed by atoms with E-state index in [1.54, 1.807) is 0 Å². The average molecular weight is 249 g/mol. The molecule has 1 nitrogen and oxygen atoms in total. The Morgan fingerprint density at radius 3 is 2.16 bits per heavy atom. The molecule has 0 radical (unpaired) electrons. The second-order valence-corrected chi connectivity index (χ2v) is 4.83. The van der Waals surface area contributed by atoms with E-state index in [-0.39, 0.29) is 0 Å². The molecule has 1 unspecified atom stereocenters. The van der Waals surface area contributed by atoms with Crippen LogP contribution in [0.2, 0.25) is 0 Å². The molecule has 0 amide bonds. The lowest BCUT2D eigenvalue weighted by molar-refractivity contribution is 0.698. The minimum Gasteiger partial charge on any atom is -0.198 e. The first-order valence-corrected chi connectivity index (χ1v) is 6.86. The zero-order valence-corrected chi connectivity index (χ0v) is 11.3. The van der Waals surface area contributed by atoms with Crippen molar-refractivity contribution in [1.29, 1.82) is 5.26 Å². The van der Waals surface area contributed by atoms with Crippen molar-refractivity contribution in [2.75, 3.05) is 0 Å². The van der Waals surface area contributed by atoms with Crippen LogP contribution in [0, 0.1) is 11.3 Å². The SMILES string of the molecule is CCCC(c1ccccc1)c1ccc(CC#N)cc1. The summed E-state index contributed by atoms with van der Waals surface area (Å²) in [6.45, 7) is 2.22. The summed E-state index contributed by atoms with van der Waals surface area (Å²) in [5.74, 6) is 0.460. The first kappa shape index (κ1) is 13.4. The first-order chi connectivity index (χ1) is 9.35. The third-order valence-electron chi connectivity index (χ3n) is 3.44. The van der Waals surface area contributed by atoms with E-state index < -0.39 is 0 Å². The van der Waals surface area contributed by atoms with E-state index in [1.807, 2.05) is 0 Å². The van der Waals surface area contributed by atoms with Crippen LogP contribution in [-0.4, -0.2) is 0 Å². The summed E-state index contributed by atoms with van der Waals surface area (Å²) in [4.78, 5) is 0. The Labute approximate surface area is 115 Å². The number of rotatable bonds is 5. The van der Waals surface area contributed by atoms with Crippen LogP contribution in [0.1, 0.15) is 42.4 Å². The van der Waals surface area contributed by atoms with Crippen LogP contribution in [-0.2, 0) is 6.42 Å². The van der Waals surface area contributed by atoms with Gasteiger partial charge < -0.3 is 0 Å². The molecule has 1 heteroatoms. The molecule has 1 atom stereocenters. The van der Waals surface area contributed by atoms with Gasteiger partial charge in [-0.1, -0.05) is 67.9 Å². The molecule has 0 aliphatic carbocycles. The van der Waals surface area contributed by atoms with E-state index in [1.165, 1.54) is 17.5 Å². The molecule has 0 saturated carbocycles. The van der Waals surface area contributed by atoms with E-state index in [9.17, 15) is 0 Å². The Hall–Kier alpha value is -2.07. The molecule has 0 N–H and O–H groups in total. The van der Waals surface area contributed by atoms with Gasteiger partial charge in [0.15, 0.2) is 0 Å². The van der Waals surface area contributed by atoms with Gasteiger partial charge in [0.05, 0.1) is 12.5 Å². The molecule has 0 saturated heterocycles. The summed E-state index contributed by atoms with van der Waals surface area (Å²) in [6, 6.07) is 21.3. The fraction of sp³-hybridized carbons (Fsp3) is 0.278. The number of nitriles is 1. The Balaban J connectivity index is 2.27. The van der Waals surface area contributed by atoms with E-state index >= 15 is 0 Å². The van der Waals surface area contributed by atoms with Gasteiger partial charge in [-0.05, 0) is 23.1 Å². The average Bonchev–Trinajstić information content (AvgIpc) is 2.47. The highest BCUT2D eigenvalue weighted by Crippen LogP contribution is 2.29. The molecule has 0 heterocycles. The Kier molecular flexibility index (Phi) is 4.75. The summed E-state index contributed by atoms with van der Waals surface area (Å²) in [5, 5.41) is 8.71. The molecule has 2 aromatic rings. The van der Waals surface area contributed by atoms with Gasteiger partial charge in [0.25, 0.3) is 0 Å². The molecule has 2 aromatic carbocycles. The molecule has 0 spiro atoms. The molecule has 19 heavy (non-hydrogen) atoms. The van der Waals surface area contributed by atoms with E-state index in [2.05, 4.69) is 67.6 Å². The van der Waals surface area contributed by atoms with Gasteiger partial charge in [0, 0.05) is 5.92 Å². The topological polar surface area (TPSA) is 23.8 Å². The van der Waals surface area contributed by atoms with Crippen molar-refractivity contribution in [3.8, 4) is 6.07 Å². The summed E-state index contributed by atoms with van der Waals surface area (Å²) in [5.41, 5.74) is 3.81. The number of nitrogens with zero attached hydrogens (tertiary/aromatic N) is 1. The van der Waals surface area contributed by atoms with E-state index in [4.69, 9.17) is 5.26 Å². The van der Waals surface area contributed by atoms with Gasteiger partial charge in [-0.2, -0.15) is 5.26 Å². The predicted octanol–water partition coefficient (Wildman–Crippen LogP) is 4.68. The highest BCUT2D eigenvalue weighted by Gasteiger charge is 2.12. The summed E-state index contributed by atoms with van der Waals surface area (Å²) >= 11 is 0. The number of hydrogen-bond acceptors (Lipinski definition) is 1. The van der Waals surface area contributed by atoms with Gasteiger partial charge >= 0.3 is 0 Å². The van der Waals surface area contributed by atoms with Gasteiger partial charge in [-0.15, -0.1) is 0 Å². The van der Waals surface area contributed by atoms with Gasteiger partial charge in [0.1, 0.15) is 0 Å². The maximum Gasteiger partial charge on any atom is 0.0669 e. The molecule has 2 rings (SSSR count). The molecular formula is C18H19N. The molecule has 0 aromatic heterocycles. The Morgan fingerprint density at radius 1 is 0.947 bits per heavy atom. The van der Waals surface area contributed by atoms with E-state index in [0.717, 1.165) is 12.0 Å². The van der Waals surface area contributed by atoms with E-state index in [0.29, 0.717) is 12.3 Å². The van der Waals surface area contributed by atoms with Crippen molar-refractivity contribution in [2.24, 2.45) is 0 Å². The van der Waals surface area contributed by atoms with Crippen molar-refractivity contribution < 1.29 is 0 Å². The van der Waals surface area contributed by atoms with Gasteiger partial charge in [0.2, 0.25) is 0 Å². The van der Waals surface area contributed by atoms with Crippen molar-refractivity contribution in [2.45, 2.75) is 32.1 Å². The van der Waals surface area contributed by atoms with Crippen LogP contribution in [0.4, 0.5) is 0 Å². The standard InChI is InChI=1S/C18H19N/c1-2-6-18(16-7-4-3-5-8-16)17-11-9-15(10-12-17)13-14-19/h3-5,7-12,18H,2,6,13H2,1H3. The zero-order valence-electron chi connectivity index (χ0n) is 11.3. The summed E-state index contributed by atoms with van der Waals surface area (Å²) in [6.07, 6.45) is 2.81. The second-order valence-electron chi connectivity index (χ2n) is 4.83. The lowest BCUT2D eigenvalue weighted by Crippen LogP contribution is -2.01. The van der Waals surface area contributed by atoms with Gasteiger partial charge in [-0.3, -0.25) is 0 Å². The van der Waals surface area contributed by atoms with Crippen molar-refractivity contribution in [3.63, 3.8) is 0 Å². The van der Waals surface area contributed by atoms with Crippen molar-refractivity contribution in [3.05, 3.63) is 71.3 Å². The maximum atomic E-state index is 8.71. The molecule has 0 bridgehead atoms. The second kappa shape index (κ2) is 6.75.